The van der Waals surface area contributed by atoms with Crippen molar-refractivity contribution in [3.63, 3.8) is 0 Å². The standard InChI is InChI=1S/C43H37BF15OPSi/c1-16-10-18(3)42(19(4)11-16)61(43-20(5)12-17(2)13-21(43)6)22(23(61)15-60-62(7,8)9)14-44(24-27(45)33(51)39(57)34(52)28(24)46,25-29(47)35(53)40(58)36(54)30(25)48)26-31(49)37(55)41(59)38(56)32(26)50/h10-13,22-23H,14-15H2,1-9H3/t22-,23-/m0/s1. The molecule has 1 aliphatic rings. The van der Waals surface area contributed by atoms with E-state index in [1.165, 1.54) is 0 Å². The molecule has 0 aromatic heterocycles. The van der Waals surface area contributed by atoms with Crippen molar-refractivity contribution >= 4 is 48.7 Å². The van der Waals surface area contributed by atoms with Crippen LogP contribution in [-0.2, 0) is 4.43 Å². The Bertz CT molecular complexity index is 2360. The third kappa shape index (κ3) is 6.97. The number of aryl methyl sites for hydroxylation is 6. The molecule has 0 N–H and O–H groups in total. The lowest BCUT2D eigenvalue weighted by molar-refractivity contribution is 0.319. The van der Waals surface area contributed by atoms with Crippen molar-refractivity contribution < 1.29 is 70.3 Å². The SMILES string of the molecule is Cc1cc(C)c([P+]2(c3c(C)cc(C)cc3C)[C@@H](CO[Si](C)(C)C)[C@@H]2C[B-](c2c(F)c(F)c(F)c(F)c2F)(c2c(F)c(F)c(F)c(F)c2F)c2c(F)c(F)c(F)c(F)c2F)c(C)c1. The maximum absolute atomic E-state index is 16.7. The lowest BCUT2D eigenvalue weighted by atomic mass is 9.13. The molecule has 1 fully saturated rings. The summed E-state index contributed by atoms with van der Waals surface area (Å²) >= 11 is 0. The van der Waals surface area contributed by atoms with Crippen LogP contribution in [0.25, 0.3) is 0 Å². The van der Waals surface area contributed by atoms with Crippen LogP contribution >= 0.6 is 7.26 Å². The summed E-state index contributed by atoms with van der Waals surface area (Å²) in [6.45, 7) is 14.9. The molecule has 1 aliphatic heterocycles. The van der Waals surface area contributed by atoms with Crippen molar-refractivity contribution in [2.24, 2.45) is 0 Å². The van der Waals surface area contributed by atoms with Crippen LogP contribution in [0.15, 0.2) is 24.3 Å². The molecule has 5 aromatic rings. The minimum absolute atomic E-state index is 0.370. The van der Waals surface area contributed by atoms with Gasteiger partial charge in [0.1, 0.15) is 57.3 Å². The van der Waals surface area contributed by atoms with E-state index in [-0.39, 0.29) is 6.61 Å². The average Bonchev–Trinajstić information content (AvgIpc) is 3.78. The molecule has 0 spiro atoms. The van der Waals surface area contributed by atoms with Gasteiger partial charge in [-0.1, -0.05) is 35.4 Å². The number of hydrogen-bond acceptors (Lipinski definition) is 1. The average molecular weight is 925 g/mol. The summed E-state index contributed by atoms with van der Waals surface area (Å²) < 4.78 is 244. The van der Waals surface area contributed by atoms with E-state index in [0.717, 1.165) is 0 Å². The third-order valence-electron chi connectivity index (χ3n) is 11.9. The van der Waals surface area contributed by atoms with E-state index in [2.05, 4.69) is 0 Å². The fourth-order valence-corrected chi connectivity index (χ4v) is 17.4. The van der Waals surface area contributed by atoms with E-state index < -0.39 is 143 Å². The van der Waals surface area contributed by atoms with Crippen LogP contribution in [0.5, 0.6) is 0 Å². The molecule has 0 bridgehead atoms. The fraction of sp³-hybridized carbons (Fsp3) is 0.302. The molecule has 1 nitrogen and oxygen atoms in total. The molecule has 5 aromatic carbocycles. The van der Waals surface area contributed by atoms with Gasteiger partial charge in [-0.05, 0) is 83.4 Å². The molecule has 2 atom stereocenters. The van der Waals surface area contributed by atoms with Crippen molar-refractivity contribution in [2.75, 3.05) is 6.61 Å². The van der Waals surface area contributed by atoms with Gasteiger partial charge in [-0.15, -0.1) is 22.7 Å². The maximum atomic E-state index is 16.7. The summed E-state index contributed by atoms with van der Waals surface area (Å²) in [6, 6.07) is 6.85. The zero-order valence-corrected chi connectivity index (χ0v) is 36.4. The third-order valence-corrected chi connectivity index (χ3v) is 18.7. The van der Waals surface area contributed by atoms with Gasteiger partial charge in [0.2, 0.25) is 0 Å². The monoisotopic (exact) mass is 924 g/mol. The van der Waals surface area contributed by atoms with E-state index in [9.17, 15) is 13.2 Å². The van der Waals surface area contributed by atoms with Crippen LogP contribution in [0, 0.1) is 129 Å². The predicted octanol–water partition coefficient (Wildman–Crippen LogP) is 10.4. The van der Waals surface area contributed by atoms with E-state index in [1.54, 1.807) is 85.4 Å². The first-order valence-electron chi connectivity index (χ1n) is 19.0. The number of benzene rings is 5. The number of rotatable bonds is 10. The summed E-state index contributed by atoms with van der Waals surface area (Å²) in [5.41, 5.74) is -7.01. The first-order chi connectivity index (χ1) is 28.6. The van der Waals surface area contributed by atoms with Crippen molar-refractivity contribution in [1.82, 2.24) is 0 Å². The Morgan fingerprint density at radius 2 is 0.661 bits per heavy atom. The van der Waals surface area contributed by atoms with Crippen LogP contribution in [0.4, 0.5) is 65.9 Å². The molecular weight excluding hydrogens is 887 g/mol. The number of halogens is 15. The predicted molar refractivity (Wildman–Crippen MR) is 213 cm³/mol. The molecule has 0 unspecified atom stereocenters. The van der Waals surface area contributed by atoms with Gasteiger partial charge in [0, 0.05) is 0 Å². The number of hydrogen-bond donors (Lipinski definition) is 0. The molecular formula is C43H37BF15OPSi. The zero-order valence-electron chi connectivity index (χ0n) is 34.5. The Morgan fingerprint density at radius 1 is 0.419 bits per heavy atom. The summed E-state index contributed by atoms with van der Waals surface area (Å²) in [5.74, 6) is -45.0. The summed E-state index contributed by atoms with van der Waals surface area (Å²) in [7, 11) is -6.32. The van der Waals surface area contributed by atoms with E-state index in [1.807, 2.05) is 0 Å². The fourth-order valence-electron chi connectivity index (χ4n) is 9.96. The van der Waals surface area contributed by atoms with Crippen molar-refractivity contribution in [1.29, 1.82) is 0 Å². The van der Waals surface area contributed by atoms with Crippen molar-refractivity contribution in [3.05, 3.63) is 145 Å². The Kier molecular flexibility index (Phi) is 12.2. The minimum atomic E-state index is -5.80. The molecule has 1 heterocycles. The van der Waals surface area contributed by atoms with Gasteiger partial charge >= 0.3 is 0 Å². The molecule has 0 radical (unpaired) electrons. The molecule has 332 valence electrons. The van der Waals surface area contributed by atoms with Crippen LogP contribution in [-0.4, -0.2) is 32.4 Å². The first kappa shape index (κ1) is 47.2. The second-order valence-electron chi connectivity index (χ2n) is 17.1. The van der Waals surface area contributed by atoms with Gasteiger partial charge in [0.25, 0.3) is 0 Å². The highest BCUT2D eigenvalue weighted by atomic mass is 31.2. The lowest BCUT2D eigenvalue weighted by Crippen LogP contribution is -2.73. The second-order valence-corrected chi connectivity index (χ2v) is 25.4. The largest absolute Gasteiger partial charge is 0.413 e. The van der Waals surface area contributed by atoms with Crippen LogP contribution in [0.3, 0.4) is 0 Å². The maximum Gasteiger partial charge on any atom is 0.200 e. The Balaban J connectivity index is 1.96. The van der Waals surface area contributed by atoms with E-state index in [4.69, 9.17) is 4.43 Å². The van der Waals surface area contributed by atoms with Gasteiger partial charge < -0.3 is 4.43 Å². The lowest BCUT2D eigenvalue weighted by Gasteiger charge is -2.43. The molecule has 6 rings (SSSR count). The summed E-state index contributed by atoms with van der Waals surface area (Å²) in [4.78, 5) is 0. The Hall–Kier alpha value is -4.28. The van der Waals surface area contributed by atoms with Crippen LogP contribution < -0.4 is 27.0 Å². The summed E-state index contributed by atoms with van der Waals surface area (Å²) in [5, 5.41) is 0.925. The van der Waals surface area contributed by atoms with E-state index in [0.29, 0.717) is 44.0 Å². The normalized spacial score (nSPS) is 16.4. The summed E-state index contributed by atoms with van der Waals surface area (Å²) in [6.07, 6.45) is -7.52. The Labute approximate surface area is 348 Å². The van der Waals surface area contributed by atoms with Crippen LogP contribution in [0.2, 0.25) is 26.0 Å². The van der Waals surface area contributed by atoms with Crippen molar-refractivity contribution in [2.45, 2.75) is 78.8 Å². The molecule has 19 heteroatoms. The molecule has 0 aliphatic carbocycles. The molecule has 0 saturated carbocycles. The molecule has 0 amide bonds. The first-order valence-corrected chi connectivity index (χ1v) is 24.4. The highest BCUT2D eigenvalue weighted by molar-refractivity contribution is 7.97. The van der Waals surface area contributed by atoms with Crippen molar-refractivity contribution in [3.8, 4) is 0 Å². The highest BCUT2D eigenvalue weighted by Crippen LogP contribution is 2.84. The van der Waals surface area contributed by atoms with Gasteiger partial charge in [-0.2, -0.15) is 0 Å². The van der Waals surface area contributed by atoms with Gasteiger partial charge in [-0.3, -0.25) is 0 Å². The highest BCUT2D eigenvalue weighted by Gasteiger charge is 2.77. The van der Waals surface area contributed by atoms with Gasteiger partial charge in [0.05, 0.1) is 19.5 Å². The second kappa shape index (κ2) is 16.1. The molecule has 62 heavy (non-hydrogen) atoms. The van der Waals surface area contributed by atoms with E-state index >= 15 is 52.7 Å². The van der Waals surface area contributed by atoms with Crippen LogP contribution in [0.1, 0.15) is 33.4 Å². The quantitative estimate of drug-likeness (QED) is 0.0446. The van der Waals surface area contributed by atoms with Gasteiger partial charge in [0.15, 0.2) is 60.7 Å². The zero-order chi connectivity index (χ0) is 46.6. The Morgan fingerprint density at radius 3 is 0.903 bits per heavy atom. The minimum Gasteiger partial charge on any atom is -0.413 e. The topological polar surface area (TPSA) is 9.23 Å². The molecule has 1 saturated heterocycles. The smallest absolute Gasteiger partial charge is 0.200 e. The van der Waals surface area contributed by atoms with Gasteiger partial charge in [-0.25, -0.2) is 65.9 Å².